The molecule has 2 aromatic rings. The van der Waals surface area contributed by atoms with Gasteiger partial charge in [-0.3, -0.25) is 0 Å². The third-order valence-corrected chi connectivity index (χ3v) is 5.35. The molecule has 8 heteroatoms. The highest BCUT2D eigenvalue weighted by Crippen LogP contribution is 2.27. The Balaban J connectivity index is 1.47. The van der Waals surface area contributed by atoms with E-state index in [1.807, 2.05) is 6.92 Å². The fourth-order valence-corrected chi connectivity index (χ4v) is 3.91. The maximum Gasteiger partial charge on any atom is 0.227 e. The summed E-state index contributed by atoms with van der Waals surface area (Å²) in [6, 6.07) is 5.80. The molecular weight excluding hydrogens is 362 g/mol. The zero-order valence-electron chi connectivity index (χ0n) is 15.4. The molecular formula is C19H22ClN7. The molecule has 0 bridgehead atoms. The SMILES string of the molecule is Cc1cc(N2CCN(c3ncc(C#N)cc3Cl)CC2)nc(N2CCCC2)n1. The monoisotopic (exact) mass is 383 g/mol. The highest BCUT2D eigenvalue weighted by atomic mass is 35.5. The number of nitriles is 1. The third-order valence-electron chi connectivity index (χ3n) is 5.07. The summed E-state index contributed by atoms with van der Waals surface area (Å²) in [5, 5.41) is 9.49. The van der Waals surface area contributed by atoms with Crippen molar-refractivity contribution in [1.82, 2.24) is 15.0 Å². The molecule has 7 nitrogen and oxygen atoms in total. The van der Waals surface area contributed by atoms with E-state index < -0.39 is 0 Å². The number of nitrogens with zero attached hydrogens (tertiary/aromatic N) is 7. The van der Waals surface area contributed by atoms with Crippen molar-refractivity contribution in [3.63, 3.8) is 0 Å². The number of aromatic nitrogens is 3. The number of hydrogen-bond acceptors (Lipinski definition) is 7. The third kappa shape index (κ3) is 3.76. The van der Waals surface area contributed by atoms with E-state index in [1.165, 1.54) is 12.8 Å². The number of pyridine rings is 1. The maximum atomic E-state index is 8.96. The van der Waals surface area contributed by atoms with E-state index in [4.69, 9.17) is 21.8 Å². The van der Waals surface area contributed by atoms with Gasteiger partial charge in [0, 0.05) is 57.2 Å². The van der Waals surface area contributed by atoms with Gasteiger partial charge in [-0.2, -0.15) is 10.2 Å². The summed E-state index contributed by atoms with van der Waals surface area (Å²) < 4.78 is 0. The van der Waals surface area contributed by atoms with Crippen LogP contribution in [0, 0.1) is 18.3 Å². The quantitative estimate of drug-likeness (QED) is 0.806. The number of halogens is 1. The van der Waals surface area contributed by atoms with Crippen LogP contribution in [0.25, 0.3) is 0 Å². The van der Waals surface area contributed by atoms with Crippen LogP contribution >= 0.6 is 11.6 Å². The van der Waals surface area contributed by atoms with Crippen molar-refractivity contribution in [3.8, 4) is 6.07 Å². The molecule has 0 N–H and O–H groups in total. The fraction of sp³-hybridized carbons (Fsp3) is 0.474. The van der Waals surface area contributed by atoms with E-state index in [0.717, 1.165) is 62.5 Å². The van der Waals surface area contributed by atoms with Crippen molar-refractivity contribution in [3.05, 3.63) is 34.6 Å². The number of aryl methyl sites for hydroxylation is 1. The average molecular weight is 384 g/mol. The minimum Gasteiger partial charge on any atom is -0.353 e. The number of anilines is 3. The summed E-state index contributed by atoms with van der Waals surface area (Å²) in [5.41, 5.74) is 1.48. The van der Waals surface area contributed by atoms with Gasteiger partial charge < -0.3 is 14.7 Å². The Bertz CT molecular complexity index is 865. The normalized spacial score (nSPS) is 17.3. The predicted molar refractivity (Wildman–Crippen MR) is 107 cm³/mol. The van der Waals surface area contributed by atoms with Gasteiger partial charge in [-0.05, 0) is 25.8 Å². The van der Waals surface area contributed by atoms with Gasteiger partial charge in [-0.25, -0.2) is 9.97 Å². The number of rotatable bonds is 3. The minimum absolute atomic E-state index is 0.480. The van der Waals surface area contributed by atoms with Crippen molar-refractivity contribution in [2.75, 3.05) is 54.0 Å². The van der Waals surface area contributed by atoms with Gasteiger partial charge in [0.15, 0.2) is 0 Å². The summed E-state index contributed by atoms with van der Waals surface area (Å²) in [7, 11) is 0. The van der Waals surface area contributed by atoms with Crippen molar-refractivity contribution in [1.29, 1.82) is 5.26 Å². The van der Waals surface area contributed by atoms with E-state index in [1.54, 1.807) is 12.3 Å². The Hall–Kier alpha value is -2.59. The van der Waals surface area contributed by atoms with E-state index >= 15 is 0 Å². The zero-order valence-corrected chi connectivity index (χ0v) is 16.2. The lowest BCUT2D eigenvalue weighted by Crippen LogP contribution is -2.47. The second-order valence-corrected chi connectivity index (χ2v) is 7.38. The van der Waals surface area contributed by atoms with Crippen LogP contribution in [0.4, 0.5) is 17.6 Å². The highest BCUT2D eigenvalue weighted by molar-refractivity contribution is 6.33. The molecule has 4 rings (SSSR count). The van der Waals surface area contributed by atoms with Crippen molar-refractivity contribution < 1.29 is 0 Å². The lowest BCUT2D eigenvalue weighted by atomic mass is 10.2. The molecule has 2 fully saturated rings. The molecule has 0 unspecified atom stereocenters. The lowest BCUT2D eigenvalue weighted by molar-refractivity contribution is 0.640. The average Bonchev–Trinajstić information content (AvgIpc) is 3.22. The number of piperazine rings is 1. The molecule has 140 valence electrons. The maximum absolute atomic E-state index is 8.96. The van der Waals surface area contributed by atoms with E-state index in [0.29, 0.717) is 10.6 Å². The molecule has 2 aliphatic heterocycles. The van der Waals surface area contributed by atoms with E-state index in [2.05, 4.69) is 36.8 Å². The molecule has 2 saturated heterocycles. The van der Waals surface area contributed by atoms with Gasteiger partial charge in [-0.1, -0.05) is 11.6 Å². The van der Waals surface area contributed by atoms with Crippen LogP contribution in [-0.4, -0.2) is 54.2 Å². The highest BCUT2D eigenvalue weighted by Gasteiger charge is 2.23. The summed E-state index contributed by atoms with van der Waals surface area (Å²) >= 11 is 6.31. The van der Waals surface area contributed by atoms with Crippen molar-refractivity contribution >= 4 is 29.2 Å². The summed E-state index contributed by atoms with van der Waals surface area (Å²) in [6.07, 6.45) is 4.00. The molecule has 4 heterocycles. The molecule has 0 atom stereocenters. The Kier molecular flexibility index (Phi) is 4.99. The smallest absolute Gasteiger partial charge is 0.227 e. The van der Waals surface area contributed by atoms with Crippen LogP contribution in [0.2, 0.25) is 5.02 Å². The first kappa shape index (κ1) is 17.8. The van der Waals surface area contributed by atoms with Gasteiger partial charge in [0.2, 0.25) is 5.95 Å². The summed E-state index contributed by atoms with van der Waals surface area (Å²) in [5.74, 6) is 2.58. The van der Waals surface area contributed by atoms with Crippen molar-refractivity contribution in [2.24, 2.45) is 0 Å². The summed E-state index contributed by atoms with van der Waals surface area (Å²) in [6.45, 7) is 7.41. The molecule has 2 aromatic heterocycles. The Morgan fingerprint density at radius 3 is 2.33 bits per heavy atom. The molecule has 0 saturated carbocycles. The van der Waals surface area contributed by atoms with Crippen LogP contribution in [0.5, 0.6) is 0 Å². The Morgan fingerprint density at radius 1 is 0.963 bits per heavy atom. The van der Waals surface area contributed by atoms with Crippen molar-refractivity contribution in [2.45, 2.75) is 19.8 Å². The van der Waals surface area contributed by atoms with E-state index in [-0.39, 0.29) is 0 Å². The van der Waals surface area contributed by atoms with Gasteiger partial charge in [0.1, 0.15) is 17.7 Å². The molecule has 2 aliphatic rings. The number of hydrogen-bond donors (Lipinski definition) is 0. The molecule has 0 radical (unpaired) electrons. The molecule has 27 heavy (non-hydrogen) atoms. The second-order valence-electron chi connectivity index (χ2n) is 6.98. The fourth-order valence-electron chi connectivity index (χ4n) is 3.63. The largest absolute Gasteiger partial charge is 0.353 e. The van der Waals surface area contributed by atoms with Gasteiger partial charge in [-0.15, -0.1) is 0 Å². The molecule has 0 aliphatic carbocycles. The molecule has 0 aromatic carbocycles. The van der Waals surface area contributed by atoms with Crippen LogP contribution in [0.15, 0.2) is 18.3 Å². The summed E-state index contributed by atoms with van der Waals surface area (Å²) in [4.78, 5) is 20.5. The van der Waals surface area contributed by atoms with Gasteiger partial charge in [0.25, 0.3) is 0 Å². The Morgan fingerprint density at radius 2 is 1.67 bits per heavy atom. The first-order valence-corrected chi connectivity index (χ1v) is 9.68. The van der Waals surface area contributed by atoms with Crippen LogP contribution in [-0.2, 0) is 0 Å². The van der Waals surface area contributed by atoms with Crippen LogP contribution < -0.4 is 14.7 Å². The minimum atomic E-state index is 0.480. The first-order chi connectivity index (χ1) is 13.1. The Labute approximate surface area is 164 Å². The van der Waals surface area contributed by atoms with Gasteiger partial charge >= 0.3 is 0 Å². The standard InChI is InChI=1S/C19H22ClN7/c1-14-10-17(24-19(23-14)27-4-2-3-5-27)25-6-8-26(9-7-25)18-16(20)11-15(12-21)13-22-18/h10-11,13H,2-9H2,1H3. The van der Waals surface area contributed by atoms with Crippen LogP contribution in [0.1, 0.15) is 24.1 Å². The second kappa shape index (κ2) is 7.57. The zero-order chi connectivity index (χ0) is 18.8. The molecule has 0 amide bonds. The van der Waals surface area contributed by atoms with Crippen LogP contribution in [0.3, 0.4) is 0 Å². The first-order valence-electron chi connectivity index (χ1n) is 9.30. The lowest BCUT2D eigenvalue weighted by Gasteiger charge is -2.36. The predicted octanol–water partition coefficient (Wildman–Crippen LogP) is 2.63. The molecule has 0 spiro atoms. The van der Waals surface area contributed by atoms with Gasteiger partial charge in [0.05, 0.1) is 10.6 Å². The van der Waals surface area contributed by atoms with E-state index in [9.17, 15) is 0 Å². The topological polar surface area (TPSA) is 72.2 Å².